The Balaban J connectivity index is -0.000000172. The molecule has 0 saturated carbocycles. The Morgan fingerprint density at radius 1 is 0.984 bits per heavy atom. The topological polar surface area (TPSA) is 191 Å². The summed E-state index contributed by atoms with van der Waals surface area (Å²) >= 11 is 0. The molecule has 1 fully saturated rings. The zero-order valence-corrected chi connectivity index (χ0v) is 42.7. The number of nitrogens with one attached hydrogen (secondary N) is 1. The summed E-state index contributed by atoms with van der Waals surface area (Å²) in [6.45, 7) is 35.5. The molecule has 0 aliphatic carbocycles. The first-order valence-electron chi connectivity index (χ1n) is 22.6. The molecule has 62 heavy (non-hydrogen) atoms. The van der Waals surface area contributed by atoms with Gasteiger partial charge in [-0.25, -0.2) is 4.79 Å². The molecule has 6 unspecified atom stereocenters. The summed E-state index contributed by atoms with van der Waals surface area (Å²) in [7, 11) is 4.99. The fraction of sp³-hybridized carbons (Fsp3) is 0.700. The fourth-order valence-electron chi connectivity index (χ4n) is 5.96. The van der Waals surface area contributed by atoms with Crippen LogP contribution in [0.4, 0.5) is 0 Å². The molecule has 3 amide bonds. The van der Waals surface area contributed by atoms with Crippen molar-refractivity contribution in [2.24, 2.45) is 35.1 Å². The Morgan fingerprint density at radius 2 is 1.50 bits per heavy atom. The van der Waals surface area contributed by atoms with Gasteiger partial charge in [-0.05, 0) is 88.8 Å². The number of methoxy groups -OCH3 is 2. The molecule has 1 aromatic rings. The van der Waals surface area contributed by atoms with Gasteiger partial charge >= 0.3 is 5.97 Å². The van der Waals surface area contributed by atoms with E-state index in [1.165, 1.54) is 13.5 Å². The first-order chi connectivity index (χ1) is 29.2. The van der Waals surface area contributed by atoms with Crippen molar-refractivity contribution in [3.8, 4) is 0 Å². The number of aliphatic carboxylic acids is 1. The molecule has 0 bridgehead atoms. The maximum absolute atomic E-state index is 12.9. The fourth-order valence-corrected chi connectivity index (χ4v) is 5.96. The number of primary amides is 1. The van der Waals surface area contributed by atoms with Crippen molar-refractivity contribution in [1.29, 1.82) is 0 Å². The summed E-state index contributed by atoms with van der Waals surface area (Å²) < 4.78 is 11.3. The minimum absolute atomic E-state index is 0.00116. The van der Waals surface area contributed by atoms with E-state index in [0.29, 0.717) is 48.7 Å². The SMILES string of the molecule is C=C(C)/C=C\C.CC.CC(=O)CCC(C)C.CCC.CCC(C)C(C)C(CC(=O)N1CCCC1C(OC)C(C)C)OC.CN.Cc1ccccc1CC(NC=O)C(=O)O.NC=O. The molecule has 1 heterocycles. The van der Waals surface area contributed by atoms with Gasteiger partial charge in [-0.3, -0.25) is 14.4 Å². The summed E-state index contributed by atoms with van der Waals surface area (Å²) in [6, 6.07) is 6.86. The number of hydrogen-bond donors (Lipinski definition) is 4. The molecule has 364 valence electrons. The molecule has 12 nitrogen and oxygen atoms in total. The van der Waals surface area contributed by atoms with E-state index < -0.39 is 12.0 Å². The van der Waals surface area contributed by atoms with Gasteiger partial charge in [0.15, 0.2) is 0 Å². The second-order valence-corrected chi connectivity index (χ2v) is 15.6. The number of Topliss-reactive ketones (excluding diaryl/α,β-unsaturated/α-hetero) is 1. The van der Waals surface area contributed by atoms with E-state index in [1.807, 2.05) is 75.9 Å². The average molecular weight is 881 g/mol. The molecular weight excluding hydrogens is 785 g/mol. The quantitative estimate of drug-likeness (QED) is 0.0821. The number of hydrogen-bond acceptors (Lipinski definition) is 8. The number of carbonyl (C=O) groups excluding carboxylic acids is 4. The standard InChI is InChI=1S/C19H37NO3.C11H13NO3.C7H14O.C6H10.C3H8.C2H6.CH3NO.CH5N/c1-8-14(4)15(5)17(22-6)12-18(21)20-11-9-10-16(20)19(23-7)13(2)3;1-8-4-2-3-5-9(8)6-10(11(14)15)12-7-13;1-6(2)4-5-7(3)8;1-4-5-6(2)3;1-3-2;1-2;2-1-3;1-2/h13-17,19H,8-12H2,1-7H3;2-5,7,10H,6H2,1H3,(H,12,13)(H,14,15);6H,4-5H2,1-3H3;4-5H,2H2,1,3H3;3H2,1-2H3;1-2H3;1H,(H2,2,3);2H2,1H3/b;;;5-4-;;;;. The summed E-state index contributed by atoms with van der Waals surface area (Å²) in [4.78, 5) is 54.9. The van der Waals surface area contributed by atoms with Gasteiger partial charge in [0.05, 0.1) is 24.7 Å². The highest BCUT2D eigenvalue weighted by Gasteiger charge is 2.37. The Bertz CT molecular complexity index is 1270. The molecule has 12 heteroatoms. The van der Waals surface area contributed by atoms with Crippen LogP contribution in [0.25, 0.3) is 0 Å². The number of ketones is 1. The lowest BCUT2D eigenvalue weighted by Crippen LogP contribution is -2.47. The van der Waals surface area contributed by atoms with Gasteiger partial charge in [0.1, 0.15) is 11.8 Å². The van der Waals surface area contributed by atoms with E-state index in [9.17, 15) is 19.2 Å². The van der Waals surface area contributed by atoms with Crippen LogP contribution in [0.5, 0.6) is 0 Å². The van der Waals surface area contributed by atoms with Gasteiger partial charge < -0.3 is 41.1 Å². The number of nitrogens with zero attached hydrogens (tertiary/aromatic N) is 1. The van der Waals surface area contributed by atoms with Crippen LogP contribution in [0.2, 0.25) is 0 Å². The second-order valence-electron chi connectivity index (χ2n) is 15.6. The van der Waals surface area contributed by atoms with Crippen molar-refractivity contribution in [3.63, 3.8) is 0 Å². The number of rotatable bonds is 18. The predicted molar refractivity (Wildman–Crippen MR) is 262 cm³/mol. The zero-order valence-electron chi connectivity index (χ0n) is 42.7. The summed E-state index contributed by atoms with van der Waals surface area (Å²) in [5.74, 6) is 1.53. The molecule has 0 aromatic heterocycles. The summed E-state index contributed by atoms with van der Waals surface area (Å²) in [5.41, 5.74) is 11.7. The van der Waals surface area contributed by atoms with Crippen LogP contribution in [-0.4, -0.2) is 92.6 Å². The molecule has 1 aliphatic rings. The van der Waals surface area contributed by atoms with Crippen molar-refractivity contribution in [2.45, 2.75) is 180 Å². The highest BCUT2D eigenvalue weighted by Crippen LogP contribution is 2.29. The molecule has 1 aliphatic heterocycles. The van der Waals surface area contributed by atoms with Crippen LogP contribution in [-0.2, 0) is 39.9 Å². The second kappa shape index (κ2) is 48.2. The average Bonchev–Trinajstić information content (AvgIpc) is 3.71. The van der Waals surface area contributed by atoms with Crippen molar-refractivity contribution in [2.75, 3.05) is 27.8 Å². The lowest BCUT2D eigenvalue weighted by molar-refractivity contribution is -0.140. The van der Waals surface area contributed by atoms with Gasteiger partial charge in [-0.1, -0.05) is 138 Å². The molecule has 1 aromatic carbocycles. The largest absolute Gasteiger partial charge is 0.480 e. The molecule has 0 spiro atoms. The number of carbonyl (C=O) groups is 5. The molecule has 0 radical (unpaired) electrons. The third kappa shape index (κ3) is 39.0. The third-order valence-electron chi connectivity index (χ3n) is 9.51. The number of ether oxygens (including phenoxy) is 2. The van der Waals surface area contributed by atoms with Gasteiger partial charge in [-0.2, -0.15) is 0 Å². The summed E-state index contributed by atoms with van der Waals surface area (Å²) in [5, 5.41) is 11.1. The van der Waals surface area contributed by atoms with Crippen molar-refractivity contribution >= 4 is 30.5 Å². The smallest absolute Gasteiger partial charge is 0.326 e. The number of aryl methyl sites for hydroxylation is 1. The molecular formula is C50H96N4O8. The molecule has 2 rings (SSSR count). The van der Waals surface area contributed by atoms with E-state index in [2.05, 4.69) is 85.7 Å². The van der Waals surface area contributed by atoms with Crippen LogP contribution in [0.15, 0.2) is 48.6 Å². The Hall–Kier alpha value is -3.87. The normalized spacial score (nSPS) is 14.6. The predicted octanol–water partition coefficient (Wildman–Crippen LogP) is 9.74. The number of allylic oxidation sites excluding steroid dienone is 3. The van der Waals surface area contributed by atoms with E-state index in [1.54, 1.807) is 21.1 Å². The molecule has 6 atom stereocenters. The van der Waals surface area contributed by atoms with E-state index in [-0.39, 0.29) is 30.6 Å². The van der Waals surface area contributed by atoms with Crippen LogP contribution < -0.4 is 16.8 Å². The number of nitrogens with two attached hydrogens (primary N) is 2. The number of likely N-dealkylation sites (tertiary alicyclic amines) is 1. The van der Waals surface area contributed by atoms with E-state index in [0.717, 1.165) is 55.3 Å². The zero-order chi connectivity index (χ0) is 49.8. The Labute approximate surface area is 380 Å². The highest BCUT2D eigenvalue weighted by atomic mass is 16.5. The van der Waals surface area contributed by atoms with Gasteiger partial charge in [0.25, 0.3) is 0 Å². The number of carboxylic acid groups (broad SMARTS) is 1. The van der Waals surface area contributed by atoms with Crippen LogP contribution in [0.3, 0.4) is 0 Å². The van der Waals surface area contributed by atoms with E-state index >= 15 is 0 Å². The minimum atomic E-state index is -1.02. The van der Waals surface area contributed by atoms with Crippen LogP contribution >= 0.6 is 0 Å². The lowest BCUT2D eigenvalue weighted by atomic mass is 9.87. The maximum Gasteiger partial charge on any atom is 0.326 e. The van der Waals surface area contributed by atoms with Crippen molar-refractivity contribution < 1.29 is 38.6 Å². The first kappa shape index (κ1) is 69.8. The van der Waals surface area contributed by atoms with E-state index in [4.69, 9.17) is 19.4 Å². The Kier molecular flexibility index (Phi) is 54.2. The van der Waals surface area contributed by atoms with Crippen LogP contribution in [0, 0.1) is 30.6 Å². The third-order valence-corrected chi connectivity index (χ3v) is 9.51. The lowest BCUT2D eigenvalue weighted by Gasteiger charge is -2.35. The van der Waals surface area contributed by atoms with Gasteiger partial charge in [-0.15, -0.1) is 0 Å². The minimum Gasteiger partial charge on any atom is -0.480 e. The monoisotopic (exact) mass is 881 g/mol. The van der Waals surface area contributed by atoms with Gasteiger partial charge in [0.2, 0.25) is 18.7 Å². The maximum atomic E-state index is 12.9. The van der Waals surface area contributed by atoms with Crippen molar-refractivity contribution in [3.05, 3.63) is 59.7 Å². The summed E-state index contributed by atoms with van der Waals surface area (Å²) in [6.07, 6.45) is 11.8. The number of benzene rings is 1. The van der Waals surface area contributed by atoms with Crippen LogP contribution in [0.1, 0.15) is 153 Å². The highest BCUT2D eigenvalue weighted by molar-refractivity contribution is 5.78. The molecule has 1 saturated heterocycles. The number of carboxylic acids is 1. The van der Waals surface area contributed by atoms with Gasteiger partial charge in [0, 0.05) is 33.6 Å². The number of amides is 3. The van der Waals surface area contributed by atoms with Crippen molar-refractivity contribution in [1.82, 2.24) is 10.2 Å². The molecule has 6 N–H and O–H groups in total. The first-order valence-corrected chi connectivity index (χ1v) is 22.6. The Morgan fingerprint density at radius 3 is 1.82 bits per heavy atom.